The van der Waals surface area contributed by atoms with Gasteiger partial charge >= 0.3 is 5.97 Å². The van der Waals surface area contributed by atoms with Crippen molar-refractivity contribution in [3.8, 4) is 0 Å². The lowest BCUT2D eigenvalue weighted by atomic mass is 9.51. The third-order valence-electron chi connectivity index (χ3n) is 5.12. The van der Waals surface area contributed by atoms with Crippen LogP contribution in [-0.2, 0) is 19.1 Å². The van der Waals surface area contributed by atoms with Gasteiger partial charge in [-0.15, -0.1) is 0 Å². The zero-order valence-electron chi connectivity index (χ0n) is 13.8. The van der Waals surface area contributed by atoms with Gasteiger partial charge in [0.25, 0.3) is 0 Å². The van der Waals surface area contributed by atoms with Gasteiger partial charge < -0.3 is 9.47 Å². The number of fused-ring (bicyclic) bond motifs is 1. The minimum absolute atomic E-state index is 0.128. The molecule has 3 atom stereocenters. The summed E-state index contributed by atoms with van der Waals surface area (Å²) in [5.41, 5.74) is 1.85. The van der Waals surface area contributed by atoms with Crippen LogP contribution in [0.5, 0.6) is 0 Å². The molecular weight excluding hydrogens is 280 g/mol. The zero-order chi connectivity index (χ0) is 16.3. The molecule has 0 heterocycles. The lowest BCUT2D eigenvalue weighted by molar-refractivity contribution is -0.153. The van der Waals surface area contributed by atoms with Crippen molar-refractivity contribution >= 4 is 11.8 Å². The van der Waals surface area contributed by atoms with Crippen molar-refractivity contribution in [3.05, 3.63) is 23.8 Å². The number of methoxy groups -OCH3 is 1. The molecule has 22 heavy (non-hydrogen) atoms. The van der Waals surface area contributed by atoms with Gasteiger partial charge in [-0.3, -0.25) is 9.59 Å². The maximum absolute atomic E-state index is 12.5. The van der Waals surface area contributed by atoms with E-state index in [1.165, 1.54) is 12.5 Å². The standard InChI is InChI=1S/C18H26O4/c1-12-6-5-7-14(10-21-4)17(20)8-16-15(12)9-18(16,3)11-22-13(2)19/h7,15-16H,1,5-6,8-11H2,2-4H3. The first kappa shape index (κ1) is 16.9. The summed E-state index contributed by atoms with van der Waals surface area (Å²) in [5, 5.41) is 0. The summed E-state index contributed by atoms with van der Waals surface area (Å²) in [6, 6.07) is 0. The maximum Gasteiger partial charge on any atom is 0.302 e. The highest BCUT2D eigenvalue weighted by atomic mass is 16.5. The molecule has 0 N–H and O–H groups in total. The zero-order valence-corrected chi connectivity index (χ0v) is 13.8. The molecule has 0 aromatic heterocycles. The molecular formula is C18H26O4. The second-order valence-corrected chi connectivity index (χ2v) is 6.84. The number of carbonyl (C=O) groups excluding carboxylic acids is 2. The van der Waals surface area contributed by atoms with Crippen LogP contribution in [0, 0.1) is 17.3 Å². The Morgan fingerprint density at radius 2 is 2.23 bits per heavy atom. The van der Waals surface area contributed by atoms with E-state index in [9.17, 15) is 9.59 Å². The maximum atomic E-state index is 12.5. The number of allylic oxidation sites excluding steroid dienone is 2. The highest BCUT2D eigenvalue weighted by Crippen LogP contribution is 2.56. The van der Waals surface area contributed by atoms with Crippen LogP contribution >= 0.6 is 0 Å². The largest absolute Gasteiger partial charge is 0.465 e. The molecule has 1 fully saturated rings. The van der Waals surface area contributed by atoms with E-state index >= 15 is 0 Å². The van der Waals surface area contributed by atoms with Crippen molar-refractivity contribution in [2.45, 2.75) is 39.5 Å². The molecule has 2 rings (SSSR count). The summed E-state index contributed by atoms with van der Waals surface area (Å²) < 4.78 is 10.4. The Balaban J connectivity index is 2.15. The number of Topliss-reactive ketones (excluding diaryl/α,β-unsaturated/α-hetero) is 1. The van der Waals surface area contributed by atoms with Crippen LogP contribution in [0.1, 0.15) is 39.5 Å². The summed E-state index contributed by atoms with van der Waals surface area (Å²) in [7, 11) is 1.61. The average Bonchev–Trinajstić information content (AvgIpc) is 2.50. The molecule has 4 nitrogen and oxygen atoms in total. The highest BCUT2D eigenvalue weighted by Gasteiger charge is 2.52. The van der Waals surface area contributed by atoms with Gasteiger partial charge in [0.1, 0.15) is 0 Å². The van der Waals surface area contributed by atoms with Crippen molar-refractivity contribution in [1.82, 2.24) is 0 Å². The summed E-state index contributed by atoms with van der Waals surface area (Å²) in [4.78, 5) is 23.6. The lowest BCUT2D eigenvalue weighted by Gasteiger charge is -2.53. The number of carbonyl (C=O) groups is 2. The Kier molecular flexibility index (Phi) is 5.22. The smallest absolute Gasteiger partial charge is 0.302 e. The Morgan fingerprint density at radius 3 is 2.86 bits per heavy atom. The Labute approximate surface area is 132 Å². The summed E-state index contributed by atoms with van der Waals surface area (Å²) in [5.74, 6) is 0.447. The number of ketones is 1. The molecule has 0 aromatic carbocycles. The van der Waals surface area contributed by atoms with Crippen molar-refractivity contribution in [2.75, 3.05) is 20.3 Å². The fourth-order valence-electron chi connectivity index (χ4n) is 3.73. The molecule has 0 spiro atoms. The SMILES string of the molecule is C=C1CCC=C(COC)C(=O)CC2C1CC2(C)COC(C)=O. The van der Waals surface area contributed by atoms with Gasteiger partial charge in [0.15, 0.2) is 5.78 Å². The summed E-state index contributed by atoms with van der Waals surface area (Å²) >= 11 is 0. The predicted octanol–water partition coefficient (Wildman–Crippen LogP) is 3.07. The topological polar surface area (TPSA) is 52.6 Å². The second-order valence-electron chi connectivity index (χ2n) is 6.84. The normalized spacial score (nSPS) is 32.0. The van der Waals surface area contributed by atoms with Gasteiger partial charge in [-0.1, -0.05) is 25.2 Å². The first-order valence-electron chi connectivity index (χ1n) is 7.89. The van der Waals surface area contributed by atoms with Crippen LogP contribution in [0.3, 0.4) is 0 Å². The number of esters is 1. The van der Waals surface area contributed by atoms with Gasteiger partial charge in [0, 0.05) is 31.4 Å². The second kappa shape index (κ2) is 6.78. The molecule has 4 heteroatoms. The van der Waals surface area contributed by atoms with E-state index < -0.39 is 0 Å². The van der Waals surface area contributed by atoms with E-state index in [4.69, 9.17) is 9.47 Å². The van der Waals surface area contributed by atoms with E-state index in [1.807, 2.05) is 6.08 Å². The Bertz CT molecular complexity index is 505. The average molecular weight is 306 g/mol. The van der Waals surface area contributed by atoms with Gasteiger partial charge in [-0.25, -0.2) is 0 Å². The van der Waals surface area contributed by atoms with E-state index in [1.54, 1.807) is 7.11 Å². The molecule has 122 valence electrons. The van der Waals surface area contributed by atoms with E-state index in [-0.39, 0.29) is 23.1 Å². The Morgan fingerprint density at radius 1 is 1.50 bits per heavy atom. The minimum atomic E-state index is -0.266. The van der Waals surface area contributed by atoms with Crippen LogP contribution in [0.4, 0.5) is 0 Å². The van der Waals surface area contributed by atoms with Crippen molar-refractivity contribution in [2.24, 2.45) is 17.3 Å². The number of hydrogen-bond acceptors (Lipinski definition) is 4. The van der Waals surface area contributed by atoms with E-state index in [2.05, 4.69) is 13.5 Å². The molecule has 2 aliphatic rings. The summed E-state index contributed by atoms with van der Waals surface area (Å²) in [6.07, 6.45) is 5.16. The van der Waals surface area contributed by atoms with Crippen LogP contribution in [0.25, 0.3) is 0 Å². The fraction of sp³-hybridized carbons (Fsp3) is 0.667. The number of hydrogen-bond donors (Lipinski definition) is 0. The van der Waals surface area contributed by atoms with E-state index in [0.717, 1.165) is 24.8 Å². The van der Waals surface area contributed by atoms with Crippen molar-refractivity contribution in [1.29, 1.82) is 0 Å². The molecule has 3 unspecified atom stereocenters. The van der Waals surface area contributed by atoms with Gasteiger partial charge in [0.05, 0.1) is 13.2 Å². The van der Waals surface area contributed by atoms with Crippen LogP contribution in [0.15, 0.2) is 23.8 Å². The first-order chi connectivity index (χ1) is 10.4. The van der Waals surface area contributed by atoms with Gasteiger partial charge in [0.2, 0.25) is 0 Å². The first-order valence-corrected chi connectivity index (χ1v) is 7.89. The van der Waals surface area contributed by atoms with Crippen LogP contribution < -0.4 is 0 Å². The third-order valence-corrected chi connectivity index (χ3v) is 5.12. The molecule has 0 aliphatic heterocycles. The fourth-order valence-corrected chi connectivity index (χ4v) is 3.73. The molecule has 0 radical (unpaired) electrons. The Hall–Kier alpha value is -1.42. The van der Waals surface area contributed by atoms with Crippen LogP contribution in [-0.4, -0.2) is 32.1 Å². The quantitative estimate of drug-likeness (QED) is 0.591. The van der Waals surface area contributed by atoms with Crippen molar-refractivity contribution < 1.29 is 19.1 Å². The van der Waals surface area contributed by atoms with Crippen LogP contribution in [0.2, 0.25) is 0 Å². The molecule has 0 amide bonds. The van der Waals surface area contributed by atoms with E-state index in [0.29, 0.717) is 25.6 Å². The highest BCUT2D eigenvalue weighted by molar-refractivity contribution is 5.96. The molecule has 0 aromatic rings. The lowest BCUT2D eigenvalue weighted by Crippen LogP contribution is -2.50. The molecule has 1 saturated carbocycles. The molecule has 2 aliphatic carbocycles. The molecule has 0 saturated heterocycles. The van der Waals surface area contributed by atoms with Crippen molar-refractivity contribution in [3.63, 3.8) is 0 Å². The number of ether oxygens (including phenoxy) is 2. The third kappa shape index (κ3) is 3.49. The van der Waals surface area contributed by atoms with Gasteiger partial charge in [-0.05, 0) is 31.1 Å². The number of rotatable bonds is 4. The monoisotopic (exact) mass is 306 g/mol. The predicted molar refractivity (Wildman–Crippen MR) is 84.3 cm³/mol. The van der Waals surface area contributed by atoms with Gasteiger partial charge in [-0.2, -0.15) is 0 Å². The minimum Gasteiger partial charge on any atom is -0.465 e. The molecule has 0 bridgehead atoms. The summed E-state index contributed by atoms with van der Waals surface area (Å²) in [6.45, 7) is 8.49.